The zero-order valence-corrected chi connectivity index (χ0v) is 19.7. The van der Waals surface area contributed by atoms with Gasteiger partial charge in [-0.1, -0.05) is 0 Å². The number of nitrogens with zero attached hydrogens (tertiary/aromatic N) is 2. The zero-order chi connectivity index (χ0) is 24.0. The van der Waals surface area contributed by atoms with Crippen molar-refractivity contribution in [3.05, 3.63) is 58.2 Å². The van der Waals surface area contributed by atoms with Crippen LogP contribution in [0.1, 0.15) is 47.1 Å². The van der Waals surface area contributed by atoms with Gasteiger partial charge in [0.05, 0.1) is 20.3 Å². The molecule has 182 valence electrons. The number of halogens is 2. The van der Waals surface area contributed by atoms with E-state index in [1.807, 2.05) is 17.0 Å². The molecular weight excluding hydrogens is 440 g/mol. The van der Waals surface area contributed by atoms with Gasteiger partial charge in [0.2, 0.25) is 5.91 Å². The van der Waals surface area contributed by atoms with Crippen LogP contribution in [0.25, 0.3) is 0 Å². The molecule has 0 radical (unpaired) electrons. The molecule has 2 aromatic rings. The second kappa shape index (κ2) is 9.15. The van der Waals surface area contributed by atoms with Gasteiger partial charge in [0.25, 0.3) is 0 Å². The molecule has 8 heteroatoms. The number of ether oxygens (including phenoxy) is 2. The van der Waals surface area contributed by atoms with E-state index in [4.69, 9.17) is 15.2 Å². The standard InChI is InChI=1S/C26H31F2N3O3/c1-33-24-10-16-5-6-30-7-8-31(14-23(30)19(16)12-25(24)34-2)26(32)13-22(29)17-4-3-15-9-20(27)21(28)11-18(15)17/h9-12,17,22-23H,3-8,13-14,29H2,1-2H3/t17-,22-,23?/m0/s1. The third-order valence-electron chi connectivity index (χ3n) is 7.75. The van der Waals surface area contributed by atoms with Crippen LogP contribution in [0.15, 0.2) is 24.3 Å². The van der Waals surface area contributed by atoms with Crippen LogP contribution in [0, 0.1) is 11.6 Å². The highest BCUT2D eigenvalue weighted by Gasteiger charge is 2.37. The van der Waals surface area contributed by atoms with Crippen LogP contribution >= 0.6 is 0 Å². The minimum Gasteiger partial charge on any atom is -0.493 e. The summed E-state index contributed by atoms with van der Waals surface area (Å²) in [6.45, 7) is 2.99. The van der Waals surface area contributed by atoms with Crippen LogP contribution in [0.3, 0.4) is 0 Å². The largest absolute Gasteiger partial charge is 0.493 e. The predicted octanol–water partition coefficient (Wildman–Crippen LogP) is 3.17. The van der Waals surface area contributed by atoms with Gasteiger partial charge in [-0.25, -0.2) is 8.78 Å². The lowest BCUT2D eigenvalue weighted by molar-refractivity contribution is -0.135. The molecule has 1 amide bonds. The summed E-state index contributed by atoms with van der Waals surface area (Å²) in [4.78, 5) is 17.6. The van der Waals surface area contributed by atoms with Crippen LogP contribution in [0.4, 0.5) is 8.78 Å². The van der Waals surface area contributed by atoms with E-state index in [-0.39, 0.29) is 24.3 Å². The van der Waals surface area contributed by atoms with Crippen LogP contribution in [-0.4, -0.2) is 62.1 Å². The Labute approximate surface area is 198 Å². The number of methoxy groups -OCH3 is 2. The molecule has 2 aliphatic heterocycles. The molecule has 3 atom stereocenters. The summed E-state index contributed by atoms with van der Waals surface area (Å²) in [7, 11) is 3.27. The van der Waals surface area contributed by atoms with Crippen molar-refractivity contribution in [2.75, 3.05) is 40.4 Å². The number of carbonyl (C=O) groups is 1. The number of hydrogen-bond donors (Lipinski definition) is 1. The molecule has 1 aliphatic carbocycles. The third-order valence-corrected chi connectivity index (χ3v) is 7.75. The summed E-state index contributed by atoms with van der Waals surface area (Å²) in [6.07, 6.45) is 2.48. The number of nitrogens with two attached hydrogens (primary N) is 1. The number of benzene rings is 2. The van der Waals surface area contributed by atoms with Crippen molar-refractivity contribution in [2.45, 2.75) is 43.7 Å². The van der Waals surface area contributed by atoms with Gasteiger partial charge in [-0.3, -0.25) is 9.69 Å². The molecule has 2 aromatic carbocycles. The molecule has 0 spiro atoms. The minimum atomic E-state index is -0.858. The van der Waals surface area contributed by atoms with Crippen LogP contribution in [0.2, 0.25) is 0 Å². The Balaban J connectivity index is 1.30. The monoisotopic (exact) mass is 471 g/mol. The molecule has 1 fully saturated rings. The van der Waals surface area contributed by atoms with Gasteiger partial charge < -0.3 is 20.1 Å². The fourth-order valence-corrected chi connectivity index (χ4v) is 5.89. The summed E-state index contributed by atoms with van der Waals surface area (Å²) in [6, 6.07) is 6.27. The maximum atomic E-state index is 13.8. The molecule has 2 heterocycles. The fourth-order valence-electron chi connectivity index (χ4n) is 5.89. The van der Waals surface area contributed by atoms with Crippen LogP contribution in [0.5, 0.6) is 11.5 Å². The average molecular weight is 472 g/mol. The quantitative estimate of drug-likeness (QED) is 0.726. The molecule has 5 rings (SSSR count). The van der Waals surface area contributed by atoms with Gasteiger partial charge in [-0.2, -0.15) is 0 Å². The highest BCUT2D eigenvalue weighted by Crippen LogP contribution is 2.40. The van der Waals surface area contributed by atoms with E-state index < -0.39 is 17.7 Å². The van der Waals surface area contributed by atoms with Crippen molar-refractivity contribution in [1.82, 2.24) is 9.80 Å². The lowest BCUT2D eigenvalue weighted by atomic mass is 9.89. The smallest absolute Gasteiger partial charge is 0.224 e. The number of rotatable bonds is 5. The molecule has 0 bridgehead atoms. The number of carbonyl (C=O) groups excluding carboxylic acids is 1. The second-order valence-corrected chi connectivity index (χ2v) is 9.53. The first-order valence-corrected chi connectivity index (χ1v) is 11.9. The summed E-state index contributed by atoms with van der Waals surface area (Å²) in [5.41, 5.74) is 10.4. The fraction of sp³-hybridized carbons (Fsp3) is 0.500. The molecule has 1 unspecified atom stereocenters. The Hall–Kier alpha value is -2.71. The molecule has 1 saturated heterocycles. The summed E-state index contributed by atoms with van der Waals surface area (Å²) >= 11 is 0. The molecule has 6 nitrogen and oxygen atoms in total. The van der Waals surface area contributed by atoms with E-state index in [2.05, 4.69) is 4.90 Å². The Morgan fingerprint density at radius 1 is 1.00 bits per heavy atom. The Bertz CT molecular complexity index is 1110. The molecule has 0 aromatic heterocycles. The first-order chi connectivity index (χ1) is 16.4. The summed E-state index contributed by atoms with van der Waals surface area (Å²) < 4.78 is 38.4. The Morgan fingerprint density at radius 3 is 2.47 bits per heavy atom. The third kappa shape index (κ3) is 4.03. The molecule has 3 aliphatic rings. The van der Waals surface area contributed by atoms with Crippen LogP contribution < -0.4 is 15.2 Å². The van der Waals surface area contributed by atoms with E-state index in [0.29, 0.717) is 31.7 Å². The number of amides is 1. The highest BCUT2D eigenvalue weighted by atomic mass is 19.2. The second-order valence-electron chi connectivity index (χ2n) is 9.53. The van der Waals surface area contributed by atoms with Gasteiger partial charge in [0.15, 0.2) is 23.1 Å². The number of hydrogen-bond acceptors (Lipinski definition) is 5. The lowest BCUT2D eigenvalue weighted by Crippen LogP contribution is -2.53. The van der Waals surface area contributed by atoms with Gasteiger partial charge in [0, 0.05) is 44.6 Å². The Kier molecular flexibility index (Phi) is 6.20. The van der Waals surface area contributed by atoms with E-state index in [9.17, 15) is 13.6 Å². The van der Waals surface area contributed by atoms with E-state index >= 15 is 0 Å². The number of piperazine rings is 1. The topological polar surface area (TPSA) is 68.0 Å². The van der Waals surface area contributed by atoms with Crippen molar-refractivity contribution >= 4 is 5.91 Å². The minimum absolute atomic E-state index is 0.00998. The first kappa shape index (κ1) is 23.1. The summed E-state index contributed by atoms with van der Waals surface area (Å²) in [5.74, 6) is -0.403. The highest BCUT2D eigenvalue weighted by molar-refractivity contribution is 5.77. The van der Waals surface area contributed by atoms with Gasteiger partial charge in [-0.15, -0.1) is 0 Å². The lowest BCUT2D eigenvalue weighted by Gasteiger charge is -2.45. The number of fused-ring (bicyclic) bond motifs is 4. The predicted molar refractivity (Wildman–Crippen MR) is 124 cm³/mol. The SMILES string of the molecule is COc1cc2c(cc1OC)C1CN(C(=O)C[C@H](N)[C@H]3CCc4cc(F)c(F)cc43)CCN1CC2. The molecule has 2 N–H and O–H groups in total. The normalized spacial score (nSPS) is 22.6. The van der Waals surface area contributed by atoms with E-state index in [1.165, 1.54) is 23.3 Å². The van der Waals surface area contributed by atoms with Crippen molar-refractivity contribution in [1.29, 1.82) is 0 Å². The molecular formula is C26H31F2N3O3. The van der Waals surface area contributed by atoms with E-state index in [0.717, 1.165) is 36.4 Å². The number of aryl methyl sites for hydroxylation is 1. The molecule has 0 saturated carbocycles. The van der Waals surface area contributed by atoms with Crippen molar-refractivity contribution in [3.63, 3.8) is 0 Å². The van der Waals surface area contributed by atoms with Crippen molar-refractivity contribution in [3.8, 4) is 11.5 Å². The van der Waals surface area contributed by atoms with E-state index in [1.54, 1.807) is 14.2 Å². The first-order valence-electron chi connectivity index (χ1n) is 11.9. The Morgan fingerprint density at radius 2 is 1.71 bits per heavy atom. The van der Waals surface area contributed by atoms with Gasteiger partial charge >= 0.3 is 0 Å². The molecule has 34 heavy (non-hydrogen) atoms. The zero-order valence-electron chi connectivity index (χ0n) is 19.7. The van der Waals surface area contributed by atoms with Crippen LogP contribution in [-0.2, 0) is 17.6 Å². The van der Waals surface area contributed by atoms with Gasteiger partial charge in [-0.05, 0) is 65.8 Å². The van der Waals surface area contributed by atoms with Gasteiger partial charge in [0.1, 0.15) is 0 Å². The van der Waals surface area contributed by atoms with Crippen molar-refractivity contribution < 1.29 is 23.0 Å². The maximum Gasteiger partial charge on any atom is 0.224 e. The average Bonchev–Trinajstić information content (AvgIpc) is 3.25. The maximum absolute atomic E-state index is 13.8. The van der Waals surface area contributed by atoms with Crippen molar-refractivity contribution in [2.24, 2.45) is 5.73 Å². The summed E-state index contributed by atoms with van der Waals surface area (Å²) in [5, 5.41) is 0.